The number of carbonyl (C=O) groups is 1. The molecule has 160 valence electrons. The van der Waals surface area contributed by atoms with E-state index in [9.17, 15) is 4.79 Å². The van der Waals surface area contributed by atoms with Crippen molar-refractivity contribution in [3.63, 3.8) is 0 Å². The number of fused-ring (bicyclic) bond motifs is 1. The van der Waals surface area contributed by atoms with Crippen molar-refractivity contribution in [1.82, 2.24) is 19.7 Å². The lowest BCUT2D eigenvalue weighted by atomic mass is 10.2. The van der Waals surface area contributed by atoms with Crippen molar-refractivity contribution in [3.8, 4) is 17.4 Å². The fourth-order valence-corrected chi connectivity index (χ4v) is 3.82. The highest BCUT2D eigenvalue weighted by Gasteiger charge is 2.25. The van der Waals surface area contributed by atoms with E-state index in [2.05, 4.69) is 15.3 Å². The van der Waals surface area contributed by atoms with Gasteiger partial charge in [0.1, 0.15) is 11.6 Å². The van der Waals surface area contributed by atoms with Crippen molar-refractivity contribution in [1.29, 1.82) is 0 Å². The van der Waals surface area contributed by atoms with E-state index in [-0.39, 0.29) is 0 Å². The average Bonchev–Trinajstić information content (AvgIpc) is 3.37. The van der Waals surface area contributed by atoms with Crippen LogP contribution in [0.15, 0.2) is 60.8 Å². The molecule has 3 heterocycles. The lowest BCUT2D eigenvalue weighted by Gasteiger charge is -2.12. The number of benzene rings is 1. The molecule has 0 saturated carbocycles. The minimum Gasteiger partial charge on any atom is -0.438 e. The van der Waals surface area contributed by atoms with Crippen LogP contribution in [0.4, 0.5) is 11.5 Å². The van der Waals surface area contributed by atoms with E-state index in [1.54, 1.807) is 41.2 Å². The molecule has 3 aromatic heterocycles. The lowest BCUT2D eigenvalue weighted by molar-refractivity contribution is 0.100. The fourth-order valence-electron chi connectivity index (χ4n) is 3.82. The standard InChI is InChI=1S/C24H22N6O2/c1-15-5-2-10-22(27-15)30-24(19-8-4-9-20(19)29-30)32-18-11-12-26-21(14-18)28-17-7-3-6-16(13-17)23(25)31/h2-3,5-7,10-14H,4,8-9H2,1H3,(H2,25,31)(H,26,28). The Morgan fingerprint density at radius 1 is 1.12 bits per heavy atom. The van der Waals surface area contributed by atoms with Gasteiger partial charge in [0, 0.05) is 34.8 Å². The Morgan fingerprint density at radius 2 is 2.00 bits per heavy atom. The molecule has 5 rings (SSSR count). The lowest BCUT2D eigenvalue weighted by Crippen LogP contribution is -2.10. The first-order chi connectivity index (χ1) is 15.6. The minimum absolute atomic E-state index is 0.424. The summed E-state index contributed by atoms with van der Waals surface area (Å²) in [6, 6.07) is 16.4. The predicted molar refractivity (Wildman–Crippen MR) is 121 cm³/mol. The van der Waals surface area contributed by atoms with Crippen molar-refractivity contribution >= 4 is 17.4 Å². The maximum atomic E-state index is 11.4. The second-order valence-corrected chi connectivity index (χ2v) is 7.68. The van der Waals surface area contributed by atoms with Gasteiger partial charge in [-0.05, 0) is 62.6 Å². The van der Waals surface area contributed by atoms with Crippen LogP contribution < -0.4 is 15.8 Å². The van der Waals surface area contributed by atoms with Crippen molar-refractivity contribution in [2.24, 2.45) is 5.73 Å². The summed E-state index contributed by atoms with van der Waals surface area (Å²) in [5, 5.41) is 7.96. The Morgan fingerprint density at radius 3 is 2.84 bits per heavy atom. The van der Waals surface area contributed by atoms with Crippen LogP contribution in [0.25, 0.3) is 5.82 Å². The second kappa shape index (κ2) is 8.14. The molecular formula is C24H22N6O2. The number of nitrogens with one attached hydrogen (secondary N) is 1. The summed E-state index contributed by atoms with van der Waals surface area (Å²) >= 11 is 0. The summed E-state index contributed by atoms with van der Waals surface area (Å²) in [5.74, 6) is 2.14. The van der Waals surface area contributed by atoms with Crippen molar-refractivity contribution in [2.75, 3.05) is 5.32 Å². The topological polar surface area (TPSA) is 108 Å². The van der Waals surface area contributed by atoms with E-state index in [4.69, 9.17) is 15.6 Å². The van der Waals surface area contributed by atoms with Gasteiger partial charge < -0.3 is 15.8 Å². The molecule has 0 atom stereocenters. The van der Waals surface area contributed by atoms with Crippen molar-refractivity contribution in [3.05, 3.63) is 83.3 Å². The van der Waals surface area contributed by atoms with Crippen LogP contribution in [0, 0.1) is 6.92 Å². The van der Waals surface area contributed by atoms with Crippen LogP contribution in [0.2, 0.25) is 0 Å². The third-order valence-electron chi connectivity index (χ3n) is 5.32. The number of aryl methyl sites for hydroxylation is 2. The average molecular weight is 426 g/mol. The number of hydrogen-bond donors (Lipinski definition) is 2. The van der Waals surface area contributed by atoms with Crippen LogP contribution in [0.5, 0.6) is 11.6 Å². The molecule has 0 fully saturated rings. The van der Waals surface area contributed by atoms with E-state index >= 15 is 0 Å². The number of primary amides is 1. The zero-order valence-corrected chi connectivity index (χ0v) is 17.6. The number of anilines is 2. The van der Waals surface area contributed by atoms with E-state index in [0.29, 0.717) is 28.7 Å². The van der Waals surface area contributed by atoms with E-state index in [0.717, 1.165) is 42.0 Å². The molecule has 0 saturated heterocycles. The van der Waals surface area contributed by atoms with Crippen LogP contribution in [0.1, 0.15) is 33.7 Å². The number of rotatable bonds is 6. The van der Waals surface area contributed by atoms with Crippen molar-refractivity contribution in [2.45, 2.75) is 26.2 Å². The van der Waals surface area contributed by atoms with Gasteiger partial charge in [-0.1, -0.05) is 12.1 Å². The summed E-state index contributed by atoms with van der Waals surface area (Å²) in [7, 11) is 0. The third-order valence-corrected chi connectivity index (χ3v) is 5.32. The van der Waals surface area contributed by atoms with Crippen LogP contribution in [0.3, 0.4) is 0 Å². The molecule has 1 aromatic carbocycles. The molecule has 8 heteroatoms. The van der Waals surface area contributed by atoms with E-state index in [1.165, 1.54) is 0 Å². The molecule has 4 aromatic rings. The number of nitrogens with two attached hydrogens (primary N) is 1. The molecule has 8 nitrogen and oxygen atoms in total. The van der Waals surface area contributed by atoms with Crippen molar-refractivity contribution < 1.29 is 9.53 Å². The Balaban J connectivity index is 1.45. The largest absolute Gasteiger partial charge is 0.438 e. The monoisotopic (exact) mass is 426 g/mol. The smallest absolute Gasteiger partial charge is 0.248 e. The Hall–Kier alpha value is -4.20. The van der Waals surface area contributed by atoms with E-state index < -0.39 is 5.91 Å². The van der Waals surface area contributed by atoms with Gasteiger partial charge >= 0.3 is 0 Å². The molecule has 0 aliphatic heterocycles. The molecule has 1 aliphatic carbocycles. The summed E-state index contributed by atoms with van der Waals surface area (Å²) in [4.78, 5) is 20.4. The minimum atomic E-state index is -0.481. The Labute approximate surface area is 185 Å². The molecular weight excluding hydrogens is 404 g/mol. The van der Waals surface area contributed by atoms with Crippen LogP contribution >= 0.6 is 0 Å². The quantitative estimate of drug-likeness (QED) is 0.481. The zero-order valence-electron chi connectivity index (χ0n) is 17.6. The number of carbonyl (C=O) groups excluding carboxylic acids is 1. The third kappa shape index (κ3) is 3.90. The van der Waals surface area contributed by atoms with Gasteiger partial charge in [0.2, 0.25) is 11.8 Å². The van der Waals surface area contributed by atoms with Gasteiger partial charge in [0.05, 0.1) is 5.69 Å². The van der Waals surface area contributed by atoms with Gasteiger partial charge in [-0.25, -0.2) is 9.97 Å². The van der Waals surface area contributed by atoms with Gasteiger partial charge in [0.25, 0.3) is 0 Å². The Kier molecular flexibility index (Phi) is 5.03. The van der Waals surface area contributed by atoms with Gasteiger partial charge in [-0.2, -0.15) is 9.78 Å². The maximum Gasteiger partial charge on any atom is 0.248 e. The summed E-state index contributed by atoms with van der Waals surface area (Å²) in [6.07, 6.45) is 4.59. The molecule has 0 radical (unpaired) electrons. The molecule has 0 bridgehead atoms. The molecule has 0 unspecified atom stereocenters. The number of amides is 1. The molecule has 0 spiro atoms. The zero-order chi connectivity index (χ0) is 22.1. The number of hydrogen-bond acceptors (Lipinski definition) is 6. The summed E-state index contributed by atoms with van der Waals surface area (Å²) < 4.78 is 8.11. The van der Waals surface area contributed by atoms with Gasteiger partial charge in [-0.15, -0.1) is 0 Å². The van der Waals surface area contributed by atoms with Crippen LogP contribution in [-0.4, -0.2) is 25.7 Å². The van der Waals surface area contributed by atoms with E-state index in [1.807, 2.05) is 31.2 Å². The Bertz CT molecular complexity index is 1310. The fraction of sp³-hybridized carbons (Fsp3) is 0.167. The summed E-state index contributed by atoms with van der Waals surface area (Å²) in [5.41, 5.74) is 9.60. The second-order valence-electron chi connectivity index (χ2n) is 7.68. The number of ether oxygens (including phenoxy) is 1. The maximum absolute atomic E-state index is 11.4. The molecule has 32 heavy (non-hydrogen) atoms. The molecule has 1 amide bonds. The highest BCUT2D eigenvalue weighted by atomic mass is 16.5. The number of pyridine rings is 2. The summed E-state index contributed by atoms with van der Waals surface area (Å²) in [6.45, 7) is 1.95. The highest BCUT2D eigenvalue weighted by Crippen LogP contribution is 2.35. The number of aromatic nitrogens is 4. The predicted octanol–water partition coefficient (Wildman–Crippen LogP) is 4.09. The SMILES string of the molecule is Cc1cccc(-n2nc3c(c2Oc2ccnc(Nc4cccc(C(N)=O)c4)c2)CCC3)n1. The first-order valence-electron chi connectivity index (χ1n) is 10.4. The van der Waals surface area contributed by atoms with Gasteiger partial charge in [0.15, 0.2) is 5.82 Å². The highest BCUT2D eigenvalue weighted by molar-refractivity contribution is 5.93. The normalized spacial score (nSPS) is 12.4. The first-order valence-corrected chi connectivity index (χ1v) is 10.4. The van der Waals surface area contributed by atoms with Gasteiger partial charge in [-0.3, -0.25) is 4.79 Å². The number of nitrogens with zero attached hydrogens (tertiary/aromatic N) is 4. The molecule has 3 N–H and O–H groups in total. The molecule has 1 aliphatic rings. The first kappa shape index (κ1) is 19.7. The van der Waals surface area contributed by atoms with Crippen LogP contribution in [-0.2, 0) is 12.8 Å².